The standard InChI is InChI=1S/C25H25N5O5/c1-33-23-7-2-16(14-27-23)21(13-24(31)32)30-20-5-4-19(12-17(20)15-28-30)34-10-8-18-3-6-22-25(29-18)26-9-11-35-22/h2-7,12,14-15,21H,8-11,13H2,1H3,(H,26,29)(H,31,32)/t21-/m0/s1. The van der Waals surface area contributed by atoms with Gasteiger partial charge in [-0.15, -0.1) is 0 Å². The molecule has 1 aromatic carbocycles. The van der Waals surface area contributed by atoms with Gasteiger partial charge in [-0.25, -0.2) is 9.97 Å². The van der Waals surface area contributed by atoms with Gasteiger partial charge in [0.05, 0.1) is 44.4 Å². The second-order valence-electron chi connectivity index (χ2n) is 8.08. The first-order chi connectivity index (χ1) is 17.1. The molecule has 0 radical (unpaired) electrons. The summed E-state index contributed by atoms with van der Waals surface area (Å²) in [5, 5.41) is 18.1. The maximum Gasteiger partial charge on any atom is 0.305 e. The van der Waals surface area contributed by atoms with Crippen molar-refractivity contribution < 1.29 is 24.1 Å². The number of nitrogens with zero attached hydrogens (tertiary/aromatic N) is 4. The van der Waals surface area contributed by atoms with Crippen molar-refractivity contribution in [1.82, 2.24) is 19.7 Å². The summed E-state index contributed by atoms with van der Waals surface area (Å²) >= 11 is 0. The summed E-state index contributed by atoms with van der Waals surface area (Å²) < 4.78 is 18.3. The third-order valence-corrected chi connectivity index (χ3v) is 5.78. The molecule has 10 nitrogen and oxygen atoms in total. The number of anilines is 1. The molecule has 0 saturated carbocycles. The molecule has 0 saturated heterocycles. The predicted molar refractivity (Wildman–Crippen MR) is 128 cm³/mol. The van der Waals surface area contributed by atoms with Crippen LogP contribution in [0.5, 0.6) is 17.4 Å². The Bertz CT molecular complexity index is 1340. The highest BCUT2D eigenvalue weighted by molar-refractivity contribution is 5.81. The summed E-state index contributed by atoms with van der Waals surface area (Å²) in [5.41, 5.74) is 2.46. The van der Waals surface area contributed by atoms with Crippen molar-refractivity contribution in [3.8, 4) is 17.4 Å². The number of aromatic nitrogens is 4. The number of carboxylic acids is 1. The highest BCUT2D eigenvalue weighted by Gasteiger charge is 2.21. The Balaban J connectivity index is 1.30. The van der Waals surface area contributed by atoms with E-state index in [9.17, 15) is 9.90 Å². The van der Waals surface area contributed by atoms with Crippen LogP contribution in [0.15, 0.2) is 54.9 Å². The summed E-state index contributed by atoms with van der Waals surface area (Å²) in [5.74, 6) is 1.79. The van der Waals surface area contributed by atoms with Crippen molar-refractivity contribution in [2.24, 2.45) is 0 Å². The zero-order chi connectivity index (χ0) is 24.2. The third-order valence-electron chi connectivity index (χ3n) is 5.78. The molecular weight excluding hydrogens is 450 g/mol. The third kappa shape index (κ3) is 4.96. The second-order valence-corrected chi connectivity index (χ2v) is 8.08. The van der Waals surface area contributed by atoms with Gasteiger partial charge in [-0.2, -0.15) is 5.10 Å². The van der Waals surface area contributed by atoms with Gasteiger partial charge in [-0.3, -0.25) is 9.48 Å². The molecule has 5 rings (SSSR count). The number of hydrogen-bond donors (Lipinski definition) is 2. The summed E-state index contributed by atoms with van der Waals surface area (Å²) in [6, 6.07) is 12.5. The zero-order valence-corrected chi connectivity index (χ0v) is 19.2. The number of carboxylic acid groups (broad SMARTS) is 1. The number of carbonyl (C=O) groups is 1. The summed E-state index contributed by atoms with van der Waals surface area (Å²) in [4.78, 5) is 20.4. The van der Waals surface area contributed by atoms with E-state index < -0.39 is 12.0 Å². The van der Waals surface area contributed by atoms with Gasteiger partial charge in [-0.05, 0) is 42.0 Å². The molecule has 4 aromatic rings. The highest BCUT2D eigenvalue weighted by atomic mass is 16.5. The zero-order valence-electron chi connectivity index (χ0n) is 19.2. The monoisotopic (exact) mass is 475 g/mol. The Kier molecular flexibility index (Phi) is 6.34. The van der Waals surface area contributed by atoms with Crippen LogP contribution in [-0.4, -0.2) is 57.7 Å². The van der Waals surface area contributed by atoms with Crippen LogP contribution in [0.2, 0.25) is 0 Å². The van der Waals surface area contributed by atoms with Crippen LogP contribution in [0.4, 0.5) is 5.82 Å². The number of benzene rings is 1. The molecule has 0 spiro atoms. The fraction of sp³-hybridized carbons (Fsp3) is 0.280. The molecule has 1 aliphatic rings. The molecule has 0 fully saturated rings. The van der Waals surface area contributed by atoms with Gasteiger partial charge in [0.2, 0.25) is 5.88 Å². The van der Waals surface area contributed by atoms with E-state index in [1.165, 1.54) is 7.11 Å². The van der Waals surface area contributed by atoms with E-state index in [1.807, 2.05) is 30.3 Å². The Hall–Kier alpha value is -4.34. The first kappa shape index (κ1) is 22.5. The van der Waals surface area contributed by atoms with Crippen molar-refractivity contribution in [2.45, 2.75) is 18.9 Å². The fourth-order valence-electron chi connectivity index (χ4n) is 4.06. The largest absolute Gasteiger partial charge is 0.493 e. The number of rotatable bonds is 9. The van der Waals surface area contributed by atoms with Crippen LogP contribution < -0.4 is 19.5 Å². The Morgan fingerprint density at radius 3 is 2.94 bits per heavy atom. The molecule has 1 aliphatic heterocycles. The molecule has 0 bridgehead atoms. The van der Waals surface area contributed by atoms with E-state index in [0.29, 0.717) is 31.3 Å². The quantitative estimate of drug-likeness (QED) is 0.375. The minimum absolute atomic E-state index is 0.128. The molecule has 0 unspecified atom stereocenters. The van der Waals surface area contributed by atoms with E-state index in [1.54, 1.807) is 29.2 Å². The molecule has 10 heteroatoms. The van der Waals surface area contributed by atoms with E-state index >= 15 is 0 Å². The SMILES string of the molecule is COc1ccc([C@H](CC(=O)O)n2ncc3cc(OCCc4ccc5c(n4)NCCO5)ccc32)cn1. The molecule has 35 heavy (non-hydrogen) atoms. The Morgan fingerprint density at radius 1 is 1.23 bits per heavy atom. The lowest BCUT2D eigenvalue weighted by Gasteiger charge is -2.18. The lowest BCUT2D eigenvalue weighted by molar-refractivity contribution is -0.137. The van der Waals surface area contributed by atoms with Crippen LogP contribution in [0.3, 0.4) is 0 Å². The second kappa shape index (κ2) is 9.88. The van der Waals surface area contributed by atoms with Gasteiger partial charge >= 0.3 is 5.97 Å². The van der Waals surface area contributed by atoms with Crippen molar-refractivity contribution in [1.29, 1.82) is 0 Å². The number of nitrogens with one attached hydrogen (secondary N) is 1. The van der Waals surface area contributed by atoms with Crippen LogP contribution >= 0.6 is 0 Å². The van der Waals surface area contributed by atoms with Gasteiger partial charge in [0.15, 0.2) is 11.6 Å². The Labute approximate surface area is 201 Å². The average molecular weight is 476 g/mol. The molecular formula is C25H25N5O5. The maximum atomic E-state index is 11.6. The number of ether oxygens (including phenoxy) is 3. The molecule has 0 aliphatic carbocycles. The van der Waals surface area contributed by atoms with Gasteiger partial charge in [0.25, 0.3) is 0 Å². The minimum atomic E-state index is -0.924. The lowest BCUT2D eigenvalue weighted by Crippen LogP contribution is -2.19. The number of aliphatic carboxylic acids is 1. The van der Waals surface area contributed by atoms with Crippen molar-refractivity contribution in [3.63, 3.8) is 0 Å². The van der Waals surface area contributed by atoms with Gasteiger partial charge in [0, 0.05) is 29.8 Å². The predicted octanol–water partition coefficient (Wildman–Crippen LogP) is 3.32. The average Bonchev–Trinajstić information content (AvgIpc) is 3.30. The normalized spacial score (nSPS) is 13.4. The van der Waals surface area contributed by atoms with Crippen molar-refractivity contribution >= 4 is 22.7 Å². The van der Waals surface area contributed by atoms with Gasteiger partial charge in [0.1, 0.15) is 12.4 Å². The molecule has 0 amide bonds. The van der Waals surface area contributed by atoms with E-state index in [0.717, 1.165) is 40.3 Å². The molecule has 1 atom stereocenters. The van der Waals surface area contributed by atoms with Crippen molar-refractivity contribution in [3.05, 3.63) is 66.1 Å². The first-order valence-corrected chi connectivity index (χ1v) is 11.3. The van der Waals surface area contributed by atoms with Crippen LogP contribution in [0, 0.1) is 0 Å². The van der Waals surface area contributed by atoms with E-state index in [4.69, 9.17) is 14.2 Å². The number of hydrogen-bond acceptors (Lipinski definition) is 8. The van der Waals surface area contributed by atoms with E-state index in [-0.39, 0.29) is 6.42 Å². The van der Waals surface area contributed by atoms with Crippen LogP contribution in [0.1, 0.15) is 23.7 Å². The molecule has 2 N–H and O–H groups in total. The summed E-state index contributed by atoms with van der Waals surface area (Å²) in [7, 11) is 1.53. The smallest absolute Gasteiger partial charge is 0.305 e. The maximum absolute atomic E-state index is 11.6. The summed E-state index contributed by atoms with van der Waals surface area (Å²) in [6.45, 7) is 1.85. The number of pyridine rings is 2. The number of methoxy groups -OCH3 is 1. The van der Waals surface area contributed by atoms with Crippen LogP contribution in [-0.2, 0) is 11.2 Å². The van der Waals surface area contributed by atoms with E-state index in [2.05, 4.69) is 20.4 Å². The van der Waals surface area contributed by atoms with Gasteiger partial charge < -0.3 is 24.6 Å². The first-order valence-electron chi connectivity index (χ1n) is 11.3. The molecule has 4 heterocycles. The topological polar surface area (TPSA) is 121 Å². The van der Waals surface area contributed by atoms with Gasteiger partial charge in [-0.1, -0.05) is 0 Å². The number of fused-ring (bicyclic) bond motifs is 2. The highest BCUT2D eigenvalue weighted by Crippen LogP contribution is 2.29. The van der Waals surface area contributed by atoms with Crippen LogP contribution in [0.25, 0.3) is 10.9 Å². The Morgan fingerprint density at radius 2 is 2.14 bits per heavy atom. The molecule has 3 aromatic heterocycles. The lowest BCUT2D eigenvalue weighted by atomic mass is 10.1. The van der Waals surface area contributed by atoms with Crippen molar-refractivity contribution in [2.75, 3.05) is 32.2 Å². The minimum Gasteiger partial charge on any atom is -0.493 e. The summed E-state index contributed by atoms with van der Waals surface area (Å²) in [6.07, 6.45) is 3.85. The molecule has 180 valence electrons. The fourth-order valence-corrected chi connectivity index (χ4v) is 4.06.